The predicted molar refractivity (Wildman–Crippen MR) is 72.1 cm³/mol. The quantitative estimate of drug-likeness (QED) is 0.758. The normalized spacial score (nSPS) is 12.1. The molecular weight excluding hydrogens is 276 g/mol. The Morgan fingerprint density at radius 1 is 1.38 bits per heavy atom. The van der Waals surface area contributed by atoms with E-state index in [1.807, 2.05) is 6.92 Å². The van der Waals surface area contributed by atoms with Crippen molar-refractivity contribution in [3.05, 3.63) is 35.7 Å². The molecule has 0 bridgehead atoms. The number of aromatic carboxylic acids is 1. The highest BCUT2D eigenvalue weighted by Crippen LogP contribution is 2.12. The van der Waals surface area contributed by atoms with E-state index >= 15 is 0 Å². The van der Waals surface area contributed by atoms with Crippen LogP contribution in [0.15, 0.2) is 24.3 Å². The molecule has 0 unspecified atom stereocenters. The Labute approximate surface area is 121 Å². The Morgan fingerprint density at radius 3 is 2.67 bits per heavy atom. The maximum absolute atomic E-state index is 10.7. The highest BCUT2D eigenvalue weighted by Gasteiger charge is 2.10. The topological polar surface area (TPSA) is 110 Å². The van der Waals surface area contributed by atoms with E-state index in [0.29, 0.717) is 18.0 Å². The number of nitrogens with zero attached hydrogens (tertiary/aromatic N) is 4. The monoisotopic (exact) mass is 292 g/mol. The van der Waals surface area contributed by atoms with Gasteiger partial charge >= 0.3 is 5.97 Å². The summed E-state index contributed by atoms with van der Waals surface area (Å²) in [4.78, 5) is 12.0. The van der Waals surface area contributed by atoms with Gasteiger partial charge in [0.05, 0.1) is 12.1 Å². The van der Waals surface area contributed by atoms with Gasteiger partial charge in [-0.05, 0) is 29.5 Å². The summed E-state index contributed by atoms with van der Waals surface area (Å²) in [6.45, 7) is 2.15. The first-order valence-corrected chi connectivity index (χ1v) is 6.49. The third kappa shape index (κ3) is 4.25. The van der Waals surface area contributed by atoms with Gasteiger partial charge in [0.2, 0.25) is 0 Å². The number of aliphatic hydroxyl groups is 1. The van der Waals surface area contributed by atoms with Crippen LogP contribution >= 0.6 is 0 Å². The van der Waals surface area contributed by atoms with Crippen LogP contribution in [-0.4, -0.2) is 49.1 Å². The minimum Gasteiger partial charge on any atom is -0.491 e. The average molecular weight is 292 g/mol. The number of benzene rings is 1. The number of carboxylic acid groups (broad SMARTS) is 1. The number of carboxylic acids is 1. The molecule has 0 amide bonds. The predicted octanol–water partition coefficient (Wildman–Crippen LogP) is 0.374. The van der Waals surface area contributed by atoms with Crippen LogP contribution in [0.3, 0.4) is 0 Å². The maximum Gasteiger partial charge on any atom is 0.335 e. The van der Waals surface area contributed by atoms with Gasteiger partial charge in [-0.2, -0.15) is 4.80 Å². The van der Waals surface area contributed by atoms with E-state index in [-0.39, 0.29) is 18.7 Å². The van der Waals surface area contributed by atoms with Gasteiger partial charge in [0.1, 0.15) is 18.5 Å². The van der Waals surface area contributed by atoms with Crippen molar-refractivity contribution >= 4 is 5.97 Å². The molecule has 2 aromatic rings. The second-order valence-corrected chi connectivity index (χ2v) is 4.41. The van der Waals surface area contributed by atoms with Gasteiger partial charge in [-0.15, -0.1) is 10.2 Å². The Hall–Kier alpha value is -2.48. The summed E-state index contributed by atoms with van der Waals surface area (Å²) in [5, 5.41) is 30.3. The van der Waals surface area contributed by atoms with Crippen LogP contribution in [-0.2, 0) is 13.0 Å². The zero-order valence-corrected chi connectivity index (χ0v) is 11.5. The van der Waals surface area contributed by atoms with E-state index in [0.717, 1.165) is 0 Å². The number of ether oxygens (including phenoxy) is 1. The summed E-state index contributed by atoms with van der Waals surface area (Å²) in [5.41, 5.74) is 0.182. The van der Waals surface area contributed by atoms with E-state index in [4.69, 9.17) is 9.84 Å². The molecule has 0 aliphatic heterocycles. The number of aromatic nitrogens is 4. The Balaban J connectivity index is 1.83. The molecule has 1 aromatic carbocycles. The lowest BCUT2D eigenvalue weighted by molar-refractivity contribution is 0.0696. The Kier molecular flexibility index (Phi) is 4.83. The highest BCUT2D eigenvalue weighted by molar-refractivity contribution is 5.87. The first-order chi connectivity index (χ1) is 10.1. The van der Waals surface area contributed by atoms with Crippen molar-refractivity contribution < 1.29 is 19.7 Å². The fourth-order valence-electron chi connectivity index (χ4n) is 1.62. The van der Waals surface area contributed by atoms with Gasteiger partial charge in [0, 0.05) is 6.42 Å². The fraction of sp³-hybridized carbons (Fsp3) is 0.385. The Bertz CT molecular complexity index is 596. The van der Waals surface area contributed by atoms with E-state index < -0.39 is 12.1 Å². The van der Waals surface area contributed by atoms with Crippen LogP contribution in [0.2, 0.25) is 0 Å². The first kappa shape index (κ1) is 14.9. The highest BCUT2D eigenvalue weighted by atomic mass is 16.5. The number of hydrogen-bond donors (Lipinski definition) is 2. The molecule has 0 fully saturated rings. The van der Waals surface area contributed by atoms with Gasteiger partial charge in [-0.1, -0.05) is 6.92 Å². The SMILES string of the molecule is CCc1nnn(C[C@@H](O)COc2ccc(C(=O)O)cc2)n1. The lowest BCUT2D eigenvalue weighted by Crippen LogP contribution is -2.25. The van der Waals surface area contributed by atoms with Crippen molar-refractivity contribution in [3.8, 4) is 5.75 Å². The zero-order chi connectivity index (χ0) is 15.2. The van der Waals surface area contributed by atoms with Crippen molar-refractivity contribution in [3.63, 3.8) is 0 Å². The summed E-state index contributed by atoms with van der Waals surface area (Å²) in [7, 11) is 0. The van der Waals surface area contributed by atoms with Crippen LogP contribution < -0.4 is 4.74 Å². The number of aliphatic hydroxyl groups excluding tert-OH is 1. The van der Waals surface area contributed by atoms with Gasteiger partial charge in [-0.25, -0.2) is 4.79 Å². The third-order valence-corrected chi connectivity index (χ3v) is 2.73. The van der Waals surface area contributed by atoms with E-state index in [9.17, 15) is 9.90 Å². The number of rotatable bonds is 7. The fourth-order valence-corrected chi connectivity index (χ4v) is 1.62. The van der Waals surface area contributed by atoms with Gasteiger partial charge < -0.3 is 14.9 Å². The summed E-state index contributed by atoms with van der Waals surface area (Å²) in [6.07, 6.45) is -0.106. The molecule has 0 aliphatic rings. The van der Waals surface area contributed by atoms with Crippen LogP contribution in [0.5, 0.6) is 5.75 Å². The summed E-state index contributed by atoms with van der Waals surface area (Å²) < 4.78 is 5.38. The van der Waals surface area contributed by atoms with E-state index in [1.165, 1.54) is 16.9 Å². The van der Waals surface area contributed by atoms with Crippen LogP contribution in [0, 0.1) is 0 Å². The molecule has 0 aliphatic carbocycles. The lowest BCUT2D eigenvalue weighted by Gasteiger charge is -2.11. The standard InChI is InChI=1S/C13H16N4O4/c1-2-12-14-16-17(15-12)7-10(18)8-21-11-5-3-9(4-6-11)13(19)20/h3-6,10,18H,2,7-8H2,1H3,(H,19,20)/t10-/m1/s1. The largest absolute Gasteiger partial charge is 0.491 e. The van der Waals surface area contributed by atoms with Crippen molar-refractivity contribution in [2.24, 2.45) is 0 Å². The van der Waals surface area contributed by atoms with Crippen molar-refractivity contribution in [2.45, 2.75) is 26.0 Å². The molecule has 2 N–H and O–H groups in total. The molecule has 8 nitrogen and oxygen atoms in total. The van der Waals surface area contributed by atoms with Crippen LogP contribution in [0.4, 0.5) is 0 Å². The third-order valence-electron chi connectivity index (χ3n) is 2.73. The second kappa shape index (κ2) is 6.80. The summed E-state index contributed by atoms with van der Waals surface area (Å²) in [6, 6.07) is 5.96. The maximum atomic E-state index is 10.7. The minimum absolute atomic E-state index is 0.0510. The summed E-state index contributed by atoms with van der Waals surface area (Å²) in [5.74, 6) is 0.109. The smallest absolute Gasteiger partial charge is 0.335 e. The number of hydrogen-bond acceptors (Lipinski definition) is 6. The molecule has 112 valence electrons. The van der Waals surface area contributed by atoms with E-state index in [2.05, 4.69) is 15.4 Å². The van der Waals surface area contributed by atoms with Gasteiger partial charge in [0.15, 0.2) is 5.82 Å². The minimum atomic E-state index is -0.995. The summed E-state index contributed by atoms with van der Waals surface area (Å²) >= 11 is 0. The number of carbonyl (C=O) groups is 1. The second-order valence-electron chi connectivity index (χ2n) is 4.41. The zero-order valence-electron chi connectivity index (χ0n) is 11.5. The molecule has 1 atom stereocenters. The van der Waals surface area contributed by atoms with Crippen LogP contribution in [0.1, 0.15) is 23.1 Å². The van der Waals surface area contributed by atoms with Gasteiger partial charge in [0.25, 0.3) is 0 Å². The molecule has 8 heteroatoms. The molecule has 0 saturated heterocycles. The van der Waals surface area contributed by atoms with Gasteiger partial charge in [-0.3, -0.25) is 0 Å². The first-order valence-electron chi connectivity index (χ1n) is 6.49. The Morgan fingerprint density at radius 2 is 2.10 bits per heavy atom. The van der Waals surface area contributed by atoms with Crippen molar-refractivity contribution in [1.82, 2.24) is 20.2 Å². The molecule has 21 heavy (non-hydrogen) atoms. The molecule has 1 heterocycles. The number of aryl methyl sites for hydroxylation is 1. The number of tetrazole rings is 1. The van der Waals surface area contributed by atoms with E-state index in [1.54, 1.807) is 12.1 Å². The lowest BCUT2D eigenvalue weighted by atomic mass is 10.2. The molecule has 1 aromatic heterocycles. The molecule has 0 saturated carbocycles. The molecule has 2 rings (SSSR count). The van der Waals surface area contributed by atoms with Crippen molar-refractivity contribution in [2.75, 3.05) is 6.61 Å². The molecule has 0 spiro atoms. The molecule has 0 radical (unpaired) electrons. The molecular formula is C13H16N4O4. The van der Waals surface area contributed by atoms with Crippen LogP contribution in [0.25, 0.3) is 0 Å². The average Bonchev–Trinajstić information content (AvgIpc) is 2.93. The van der Waals surface area contributed by atoms with Crippen molar-refractivity contribution in [1.29, 1.82) is 0 Å².